The first-order chi connectivity index (χ1) is 7.63. The van der Waals surface area contributed by atoms with Crippen LogP contribution in [0.1, 0.15) is 16.9 Å². The fourth-order valence-electron chi connectivity index (χ4n) is 1.07. The highest BCUT2D eigenvalue weighted by Crippen LogP contribution is 2.04. The minimum Gasteiger partial charge on any atom is -0.387 e. The van der Waals surface area contributed by atoms with Crippen molar-refractivity contribution in [2.75, 3.05) is 18.9 Å². The number of hydrogen-bond acceptors (Lipinski definition) is 4. The smallest absolute Gasteiger partial charge is 0.269 e. The van der Waals surface area contributed by atoms with Crippen LogP contribution in [-0.4, -0.2) is 30.4 Å². The molecule has 0 fully saturated rings. The molecule has 1 aromatic rings. The van der Waals surface area contributed by atoms with Gasteiger partial charge in [0.2, 0.25) is 5.91 Å². The Kier molecular flexibility index (Phi) is 4.26. The molecule has 1 heterocycles. The van der Waals surface area contributed by atoms with E-state index in [1.54, 1.807) is 25.4 Å². The summed E-state index contributed by atoms with van der Waals surface area (Å²) in [6.07, 6.45) is 1.68. The van der Waals surface area contributed by atoms with E-state index in [4.69, 9.17) is 5.73 Å². The summed E-state index contributed by atoms with van der Waals surface area (Å²) >= 11 is 0. The summed E-state index contributed by atoms with van der Waals surface area (Å²) in [5.74, 6) is -0.761. The van der Waals surface area contributed by atoms with Gasteiger partial charge in [-0.05, 0) is 12.1 Å². The van der Waals surface area contributed by atoms with Crippen molar-refractivity contribution in [2.45, 2.75) is 6.42 Å². The van der Waals surface area contributed by atoms with Gasteiger partial charge in [-0.3, -0.25) is 9.59 Å². The number of pyridine rings is 1. The zero-order chi connectivity index (χ0) is 12.0. The van der Waals surface area contributed by atoms with Crippen LogP contribution in [0.25, 0.3) is 0 Å². The number of nitrogens with zero attached hydrogens (tertiary/aromatic N) is 1. The van der Waals surface area contributed by atoms with Crippen LogP contribution in [-0.2, 0) is 4.79 Å². The predicted octanol–water partition coefficient (Wildman–Crippen LogP) is -0.272. The summed E-state index contributed by atoms with van der Waals surface area (Å²) in [5.41, 5.74) is 6.08. The second kappa shape index (κ2) is 5.69. The molecule has 1 aromatic heterocycles. The van der Waals surface area contributed by atoms with Crippen LogP contribution in [0.5, 0.6) is 0 Å². The summed E-state index contributed by atoms with van der Waals surface area (Å²) in [6, 6.07) is 3.35. The minimum absolute atomic E-state index is 0.125. The molecule has 0 atom stereocenters. The molecule has 16 heavy (non-hydrogen) atoms. The Morgan fingerprint density at radius 1 is 1.44 bits per heavy atom. The summed E-state index contributed by atoms with van der Waals surface area (Å²) in [5, 5.41) is 5.44. The number of aromatic nitrogens is 1. The lowest BCUT2D eigenvalue weighted by Gasteiger charge is -2.04. The van der Waals surface area contributed by atoms with Gasteiger partial charge in [-0.25, -0.2) is 4.98 Å². The van der Waals surface area contributed by atoms with Crippen molar-refractivity contribution in [3.63, 3.8) is 0 Å². The first kappa shape index (κ1) is 12.0. The molecule has 0 aliphatic carbocycles. The van der Waals surface area contributed by atoms with E-state index in [0.717, 1.165) is 5.69 Å². The molecule has 4 N–H and O–H groups in total. The Morgan fingerprint density at radius 2 is 2.19 bits per heavy atom. The topological polar surface area (TPSA) is 97.1 Å². The normalized spacial score (nSPS) is 9.56. The SMILES string of the molecule is CNc1ccc(C(=O)NCCC(N)=O)nc1. The highest BCUT2D eigenvalue weighted by molar-refractivity contribution is 5.92. The largest absolute Gasteiger partial charge is 0.387 e. The van der Waals surface area contributed by atoms with Crippen LogP contribution in [0.3, 0.4) is 0 Å². The number of rotatable bonds is 5. The lowest BCUT2D eigenvalue weighted by atomic mass is 10.3. The van der Waals surface area contributed by atoms with Gasteiger partial charge in [-0.2, -0.15) is 0 Å². The Labute approximate surface area is 93.2 Å². The monoisotopic (exact) mass is 222 g/mol. The highest BCUT2D eigenvalue weighted by Gasteiger charge is 2.06. The molecule has 0 radical (unpaired) electrons. The molecule has 0 spiro atoms. The molecule has 6 nitrogen and oxygen atoms in total. The Morgan fingerprint density at radius 3 is 2.69 bits per heavy atom. The van der Waals surface area contributed by atoms with E-state index in [2.05, 4.69) is 15.6 Å². The number of nitrogens with two attached hydrogens (primary N) is 1. The molecule has 1 rings (SSSR count). The van der Waals surface area contributed by atoms with E-state index >= 15 is 0 Å². The zero-order valence-corrected chi connectivity index (χ0v) is 8.99. The second-order valence-electron chi connectivity index (χ2n) is 3.15. The fraction of sp³-hybridized carbons (Fsp3) is 0.300. The summed E-state index contributed by atoms with van der Waals surface area (Å²) in [7, 11) is 1.77. The van der Waals surface area contributed by atoms with Crippen LogP contribution >= 0.6 is 0 Å². The van der Waals surface area contributed by atoms with Crippen LogP contribution in [0.4, 0.5) is 5.69 Å². The molecule has 86 valence electrons. The number of nitrogens with one attached hydrogen (secondary N) is 2. The van der Waals surface area contributed by atoms with Crippen molar-refractivity contribution in [1.29, 1.82) is 0 Å². The summed E-state index contributed by atoms with van der Waals surface area (Å²) < 4.78 is 0. The predicted molar refractivity (Wildman–Crippen MR) is 59.9 cm³/mol. The maximum Gasteiger partial charge on any atom is 0.269 e. The fourth-order valence-corrected chi connectivity index (χ4v) is 1.07. The van der Waals surface area contributed by atoms with E-state index in [0.29, 0.717) is 5.69 Å². The Hall–Kier alpha value is -2.11. The van der Waals surface area contributed by atoms with Gasteiger partial charge in [0.25, 0.3) is 5.91 Å². The second-order valence-corrected chi connectivity index (χ2v) is 3.15. The first-order valence-electron chi connectivity index (χ1n) is 4.84. The lowest BCUT2D eigenvalue weighted by molar-refractivity contribution is -0.117. The molecular weight excluding hydrogens is 208 g/mol. The lowest BCUT2D eigenvalue weighted by Crippen LogP contribution is -2.28. The van der Waals surface area contributed by atoms with Crippen LogP contribution < -0.4 is 16.4 Å². The molecular formula is C10H14N4O2. The average molecular weight is 222 g/mol. The number of carbonyl (C=O) groups excluding carboxylic acids is 2. The number of carbonyl (C=O) groups is 2. The Balaban J connectivity index is 2.49. The molecule has 2 amide bonds. The van der Waals surface area contributed by atoms with Crippen molar-refractivity contribution in [2.24, 2.45) is 5.73 Å². The van der Waals surface area contributed by atoms with Gasteiger partial charge in [0, 0.05) is 20.0 Å². The van der Waals surface area contributed by atoms with Gasteiger partial charge in [0.15, 0.2) is 0 Å². The van der Waals surface area contributed by atoms with Crippen molar-refractivity contribution in [3.05, 3.63) is 24.0 Å². The van der Waals surface area contributed by atoms with Crippen molar-refractivity contribution >= 4 is 17.5 Å². The maximum atomic E-state index is 11.5. The molecule has 0 unspecified atom stereocenters. The van der Waals surface area contributed by atoms with E-state index in [-0.39, 0.29) is 18.9 Å². The van der Waals surface area contributed by atoms with Gasteiger partial charge in [0.1, 0.15) is 5.69 Å². The molecule has 0 aliphatic heterocycles. The maximum absolute atomic E-state index is 11.5. The molecule has 6 heteroatoms. The molecule has 0 aliphatic rings. The third kappa shape index (κ3) is 3.56. The Bertz CT molecular complexity index is 375. The van der Waals surface area contributed by atoms with Gasteiger partial charge >= 0.3 is 0 Å². The highest BCUT2D eigenvalue weighted by atomic mass is 16.2. The van der Waals surface area contributed by atoms with E-state index in [1.165, 1.54) is 0 Å². The number of hydrogen-bond donors (Lipinski definition) is 3. The quantitative estimate of drug-likeness (QED) is 0.638. The number of anilines is 1. The third-order valence-electron chi connectivity index (χ3n) is 1.94. The van der Waals surface area contributed by atoms with Crippen molar-refractivity contribution in [1.82, 2.24) is 10.3 Å². The molecule has 0 saturated heterocycles. The third-order valence-corrected chi connectivity index (χ3v) is 1.94. The van der Waals surface area contributed by atoms with Crippen LogP contribution in [0.2, 0.25) is 0 Å². The van der Waals surface area contributed by atoms with Gasteiger partial charge < -0.3 is 16.4 Å². The van der Waals surface area contributed by atoms with Gasteiger partial charge in [-0.1, -0.05) is 0 Å². The molecule has 0 bridgehead atoms. The number of primary amides is 1. The van der Waals surface area contributed by atoms with E-state index in [9.17, 15) is 9.59 Å². The van der Waals surface area contributed by atoms with Gasteiger partial charge in [0.05, 0.1) is 11.9 Å². The van der Waals surface area contributed by atoms with Crippen molar-refractivity contribution in [3.8, 4) is 0 Å². The summed E-state index contributed by atoms with van der Waals surface area (Å²) in [4.78, 5) is 25.9. The van der Waals surface area contributed by atoms with E-state index < -0.39 is 5.91 Å². The van der Waals surface area contributed by atoms with Crippen LogP contribution in [0.15, 0.2) is 18.3 Å². The molecule has 0 aromatic carbocycles. The first-order valence-corrected chi connectivity index (χ1v) is 4.84. The average Bonchev–Trinajstić information content (AvgIpc) is 2.28. The number of amides is 2. The zero-order valence-electron chi connectivity index (χ0n) is 8.99. The molecule has 0 saturated carbocycles. The standard InChI is InChI=1S/C10H14N4O2/c1-12-7-2-3-8(14-6-7)10(16)13-5-4-9(11)15/h2-3,6,12H,4-5H2,1H3,(H2,11,15)(H,13,16). The van der Waals surface area contributed by atoms with Gasteiger partial charge in [-0.15, -0.1) is 0 Å². The van der Waals surface area contributed by atoms with E-state index in [1.807, 2.05) is 0 Å². The minimum atomic E-state index is -0.446. The summed E-state index contributed by atoms with van der Waals surface area (Å²) in [6.45, 7) is 0.226. The van der Waals surface area contributed by atoms with Crippen LogP contribution in [0, 0.1) is 0 Å². The van der Waals surface area contributed by atoms with Crippen molar-refractivity contribution < 1.29 is 9.59 Å².